The van der Waals surface area contributed by atoms with Crippen molar-refractivity contribution in [3.05, 3.63) is 215 Å². The molecule has 18 heteroatoms. The highest BCUT2D eigenvalue weighted by Gasteiger charge is 2.27. The van der Waals surface area contributed by atoms with Crippen LogP contribution in [0.25, 0.3) is 32.3 Å². The Morgan fingerprint density at radius 3 is 0.451 bits per heavy atom. The molecule has 0 radical (unpaired) electrons. The summed E-state index contributed by atoms with van der Waals surface area (Å²) in [5.41, 5.74) is 0.753. The molecule has 0 unspecified atom stereocenters. The van der Waals surface area contributed by atoms with E-state index in [0.717, 1.165) is 77.0 Å². The van der Waals surface area contributed by atoms with E-state index >= 15 is 0 Å². The average molecular weight is 1380 g/mol. The smallest absolute Gasteiger partial charge is 0.343 e. The molecule has 0 N–H and O–H groups in total. The summed E-state index contributed by atoms with van der Waals surface area (Å²) in [5, 5.41) is 1.65. The van der Waals surface area contributed by atoms with Crippen LogP contribution in [0.1, 0.15) is 181 Å². The number of unbranched alkanes of at least 4 members (excludes halogenated alkanes) is 6. The van der Waals surface area contributed by atoms with Gasteiger partial charge in [-0.3, -0.25) is 0 Å². The number of carbonyl (C=O) groups is 6. The van der Waals surface area contributed by atoms with E-state index in [1.165, 1.54) is 36.4 Å². The molecule has 0 amide bonds. The highest BCUT2D eigenvalue weighted by molar-refractivity contribution is 6.27. The van der Waals surface area contributed by atoms with Crippen LogP contribution in [0.15, 0.2) is 182 Å². The standard InChI is InChI=1S/C84H84O18/c1-7-13-43-91-61-31-19-55(20-32-61)79(85)97-73-49-67-68(50-74(73)98-80(86)56-21-33-62(34-22-56)92-44-14-8-2)70-52-76(100-82(88)58-25-37-64(38-26-58)94-46-16-10-4)78(102-84(90)60-29-41-66(42-30-60)96-48-18-12-6)54-72(70)71-53-77(101-83(89)59-27-39-65(40-28-59)95-47-17-11-5)75(51-69(67)71)99-81(87)57-23-35-63(36-24-57)93-45-15-9-3/h19-42,49-54H,7-18,43-48H2,1-6H3. The summed E-state index contributed by atoms with van der Waals surface area (Å²) in [7, 11) is 0. The van der Waals surface area contributed by atoms with Gasteiger partial charge in [-0.05, 0) is 253 Å². The van der Waals surface area contributed by atoms with Crippen molar-refractivity contribution < 1.29 is 85.6 Å². The second kappa shape index (κ2) is 36.6. The predicted octanol–water partition coefficient (Wildman–Crippen LogP) is 19.5. The fourth-order valence-electron chi connectivity index (χ4n) is 10.6. The van der Waals surface area contributed by atoms with E-state index in [-0.39, 0.29) is 100 Å². The van der Waals surface area contributed by atoms with Crippen LogP contribution in [0.3, 0.4) is 0 Å². The van der Waals surface area contributed by atoms with Crippen molar-refractivity contribution in [1.82, 2.24) is 0 Å². The Morgan fingerprint density at radius 1 is 0.206 bits per heavy atom. The van der Waals surface area contributed by atoms with Gasteiger partial charge in [0, 0.05) is 0 Å². The van der Waals surface area contributed by atoms with Gasteiger partial charge in [-0.15, -0.1) is 0 Å². The van der Waals surface area contributed by atoms with Gasteiger partial charge in [0.05, 0.1) is 73.0 Å². The number of ether oxygens (including phenoxy) is 12. The Labute approximate surface area is 593 Å². The molecule has 0 aromatic heterocycles. The predicted molar refractivity (Wildman–Crippen MR) is 390 cm³/mol. The van der Waals surface area contributed by atoms with Gasteiger partial charge in [-0.1, -0.05) is 80.1 Å². The first kappa shape index (κ1) is 73.3. The Kier molecular flexibility index (Phi) is 26.3. The van der Waals surface area contributed by atoms with E-state index in [1.807, 2.05) is 0 Å². The quantitative estimate of drug-likeness (QED) is 0.0154. The largest absolute Gasteiger partial charge is 0.494 e. The first-order valence-corrected chi connectivity index (χ1v) is 35.0. The second-order valence-corrected chi connectivity index (χ2v) is 24.2. The first-order chi connectivity index (χ1) is 49.8. The third-order valence-electron chi connectivity index (χ3n) is 16.5. The molecule has 10 aromatic rings. The van der Waals surface area contributed by atoms with E-state index in [1.54, 1.807) is 146 Å². The van der Waals surface area contributed by atoms with Gasteiger partial charge in [0.2, 0.25) is 0 Å². The second-order valence-electron chi connectivity index (χ2n) is 24.2. The van der Waals surface area contributed by atoms with Gasteiger partial charge in [-0.2, -0.15) is 0 Å². The lowest BCUT2D eigenvalue weighted by Gasteiger charge is -2.19. The van der Waals surface area contributed by atoms with Gasteiger partial charge < -0.3 is 56.8 Å². The lowest BCUT2D eigenvalue weighted by atomic mass is 9.93. The van der Waals surface area contributed by atoms with Crippen molar-refractivity contribution in [2.75, 3.05) is 39.6 Å². The van der Waals surface area contributed by atoms with E-state index < -0.39 is 35.8 Å². The monoisotopic (exact) mass is 1380 g/mol. The lowest BCUT2D eigenvalue weighted by Crippen LogP contribution is -2.14. The molecule has 10 aromatic carbocycles. The van der Waals surface area contributed by atoms with E-state index in [2.05, 4.69) is 41.5 Å². The summed E-state index contributed by atoms with van der Waals surface area (Å²) in [6.45, 7) is 15.2. The highest BCUT2D eigenvalue weighted by atomic mass is 16.6. The Hall–Kier alpha value is -11.4. The zero-order valence-corrected chi connectivity index (χ0v) is 58.4. The SMILES string of the molecule is CCCCOc1ccc(C(=O)Oc2cc3c4cc(OC(=O)c5ccc(OCCCC)cc5)c(OC(=O)c5ccc(OCCCC)cc5)cc4c4cc(OC(=O)c5ccc(OCCCC)cc5)c(OC(=O)c5ccc(OCCCC)cc5)cc4c3cc2OC(=O)c2ccc(OCCCC)cc2)cc1. The van der Waals surface area contributed by atoms with Crippen molar-refractivity contribution in [3.63, 3.8) is 0 Å². The summed E-state index contributed by atoms with van der Waals surface area (Å²) >= 11 is 0. The number of hydrogen-bond donors (Lipinski definition) is 0. The molecule has 0 bridgehead atoms. The number of esters is 6. The highest BCUT2D eigenvalue weighted by Crippen LogP contribution is 2.48. The number of fused-ring (bicyclic) bond motifs is 6. The van der Waals surface area contributed by atoms with E-state index in [9.17, 15) is 28.8 Å². The molecular weight excluding hydrogens is 1300 g/mol. The van der Waals surface area contributed by atoms with Crippen LogP contribution in [0.2, 0.25) is 0 Å². The Bertz CT molecular complexity index is 3730. The molecule has 0 saturated carbocycles. The van der Waals surface area contributed by atoms with Crippen molar-refractivity contribution in [2.24, 2.45) is 0 Å². The molecule has 0 fully saturated rings. The number of hydrogen-bond acceptors (Lipinski definition) is 18. The minimum absolute atomic E-state index is 0.126. The van der Waals surface area contributed by atoms with Gasteiger partial charge in [0.1, 0.15) is 34.5 Å². The molecule has 0 atom stereocenters. The van der Waals surface area contributed by atoms with Crippen LogP contribution in [-0.2, 0) is 0 Å². The Balaban J connectivity index is 1.20. The molecule has 0 aliphatic rings. The molecule has 0 spiro atoms. The van der Waals surface area contributed by atoms with Gasteiger partial charge in [0.25, 0.3) is 0 Å². The molecular formula is C84H84O18. The number of benzene rings is 10. The van der Waals surface area contributed by atoms with Gasteiger partial charge in [-0.25, -0.2) is 28.8 Å². The maximum absolute atomic E-state index is 14.6. The molecule has 10 rings (SSSR count). The normalized spacial score (nSPS) is 11.0. The average Bonchev–Trinajstić information content (AvgIpc) is 0.723. The zero-order valence-electron chi connectivity index (χ0n) is 58.4. The third kappa shape index (κ3) is 19.5. The van der Waals surface area contributed by atoms with Gasteiger partial charge in [0.15, 0.2) is 34.5 Å². The molecule has 102 heavy (non-hydrogen) atoms. The van der Waals surface area contributed by atoms with E-state index in [4.69, 9.17) is 56.8 Å². The Morgan fingerprint density at radius 2 is 0.333 bits per heavy atom. The number of carbonyl (C=O) groups excluding carboxylic acids is 6. The van der Waals surface area contributed by atoms with Crippen LogP contribution in [-0.4, -0.2) is 75.5 Å². The lowest BCUT2D eigenvalue weighted by molar-refractivity contribution is 0.0682. The van der Waals surface area contributed by atoms with Crippen molar-refractivity contribution in [2.45, 2.75) is 119 Å². The summed E-state index contributed by atoms with van der Waals surface area (Å²) < 4.78 is 73.2. The molecule has 0 heterocycles. The van der Waals surface area contributed by atoms with Crippen LogP contribution in [0.5, 0.6) is 69.0 Å². The summed E-state index contributed by atoms with van der Waals surface area (Å²) in [4.78, 5) is 87.5. The minimum Gasteiger partial charge on any atom is -0.494 e. The molecule has 18 nitrogen and oxygen atoms in total. The number of rotatable bonds is 36. The summed E-state index contributed by atoms with van der Waals surface area (Å²) in [6.07, 6.45) is 10.5. The zero-order chi connectivity index (χ0) is 71.7. The summed E-state index contributed by atoms with van der Waals surface area (Å²) in [6, 6.07) is 47.4. The topological polar surface area (TPSA) is 213 Å². The van der Waals surface area contributed by atoms with Crippen LogP contribution in [0.4, 0.5) is 0 Å². The summed E-state index contributed by atoms with van der Waals surface area (Å²) in [5.74, 6) is -3.19. The fraction of sp³-hybridized carbons (Fsp3) is 0.286. The van der Waals surface area contributed by atoms with Crippen LogP contribution >= 0.6 is 0 Å². The molecule has 528 valence electrons. The van der Waals surface area contributed by atoms with Crippen LogP contribution < -0.4 is 56.8 Å². The fourth-order valence-corrected chi connectivity index (χ4v) is 10.6. The van der Waals surface area contributed by atoms with Gasteiger partial charge >= 0.3 is 35.8 Å². The molecule has 0 aliphatic carbocycles. The van der Waals surface area contributed by atoms with Crippen molar-refractivity contribution >= 4 is 68.1 Å². The van der Waals surface area contributed by atoms with Crippen molar-refractivity contribution in [3.8, 4) is 69.0 Å². The minimum atomic E-state index is -0.837. The maximum Gasteiger partial charge on any atom is 0.343 e. The third-order valence-corrected chi connectivity index (χ3v) is 16.5. The van der Waals surface area contributed by atoms with Crippen LogP contribution in [0, 0.1) is 0 Å². The molecule has 0 aliphatic heterocycles. The molecule has 0 saturated heterocycles. The first-order valence-electron chi connectivity index (χ1n) is 35.0. The van der Waals surface area contributed by atoms with Crippen molar-refractivity contribution in [1.29, 1.82) is 0 Å². The van der Waals surface area contributed by atoms with E-state index in [0.29, 0.717) is 74.1 Å². The maximum atomic E-state index is 14.6.